The second kappa shape index (κ2) is 4.70. The second-order valence-electron chi connectivity index (χ2n) is 3.20. The largest absolute Gasteiger partial charge is 0.394 e. The Morgan fingerprint density at radius 1 is 1.57 bits per heavy atom. The van der Waals surface area contributed by atoms with Crippen molar-refractivity contribution in [3.63, 3.8) is 0 Å². The lowest BCUT2D eigenvalue weighted by molar-refractivity contribution is -0.138. The quantitative estimate of drug-likeness (QED) is 0.408. The van der Waals surface area contributed by atoms with Crippen molar-refractivity contribution in [2.24, 2.45) is 0 Å². The SMILES string of the molecule is CC(=O)N[C@@H]1[C@H](O)[C@@H](CO)O[CH][C@@H]1O. The summed E-state index contributed by atoms with van der Waals surface area (Å²) in [5, 5.41) is 30.1. The molecule has 1 aliphatic heterocycles. The first kappa shape index (κ1) is 11.4. The van der Waals surface area contributed by atoms with E-state index in [2.05, 4.69) is 5.32 Å². The topological polar surface area (TPSA) is 99.0 Å². The number of rotatable bonds is 2. The van der Waals surface area contributed by atoms with Gasteiger partial charge in [0.15, 0.2) is 0 Å². The molecule has 1 fully saturated rings. The highest BCUT2D eigenvalue weighted by molar-refractivity contribution is 5.73. The minimum atomic E-state index is -1.12. The van der Waals surface area contributed by atoms with Crippen LogP contribution in [0.1, 0.15) is 6.92 Å². The van der Waals surface area contributed by atoms with Crippen LogP contribution < -0.4 is 5.32 Å². The molecular formula is C8H14NO5. The van der Waals surface area contributed by atoms with Crippen molar-refractivity contribution in [1.82, 2.24) is 5.32 Å². The van der Waals surface area contributed by atoms with Gasteiger partial charge < -0.3 is 25.4 Å². The van der Waals surface area contributed by atoms with E-state index in [1.165, 1.54) is 6.92 Å². The Morgan fingerprint density at radius 3 is 2.71 bits per heavy atom. The highest BCUT2D eigenvalue weighted by Crippen LogP contribution is 2.17. The van der Waals surface area contributed by atoms with Gasteiger partial charge in [0, 0.05) is 6.92 Å². The van der Waals surface area contributed by atoms with Crippen LogP contribution in [-0.2, 0) is 9.53 Å². The number of hydrogen-bond acceptors (Lipinski definition) is 5. The van der Waals surface area contributed by atoms with Crippen molar-refractivity contribution in [2.75, 3.05) is 6.61 Å². The average Bonchev–Trinajstić information content (AvgIpc) is 2.12. The highest BCUT2D eigenvalue weighted by Gasteiger charge is 2.39. The van der Waals surface area contributed by atoms with Gasteiger partial charge in [-0.15, -0.1) is 0 Å². The lowest BCUT2D eigenvalue weighted by Gasteiger charge is -2.37. The number of carbonyl (C=O) groups excluding carboxylic acids is 1. The Balaban J connectivity index is 2.63. The first-order valence-corrected chi connectivity index (χ1v) is 4.29. The molecule has 0 spiro atoms. The normalized spacial score (nSPS) is 38.0. The summed E-state index contributed by atoms with van der Waals surface area (Å²) in [6, 6.07) is -0.835. The van der Waals surface area contributed by atoms with Crippen molar-refractivity contribution < 1.29 is 24.9 Å². The van der Waals surface area contributed by atoms with Crippen LogP contribution in [0.2, 0.25) is 0 Å². The van der Waals surface area contributed by atoms with Crippen LogP contribution in [0.4, 0.5) is 0 Å². The van der Waals surface area contributed by atoms with E-state index >= 15 is 0 Å². The number of amides is 1. The molecular weight excluding hydrogens is 190 g/mol. The summed E-state index contributed by atoms with van der Waals surface area (Å²) in [7, 11) is 0. The molecule has 1 heterocycles. The van der Waals surface area contributed by atoms with Crippen LogP contribution in [0, 0.1) is 6.61 Å². The van der Waals surface area contributed by atoms with Crippen LogP contribution in [-0.4, -0.2) is 52.2 Å². The fourth-order valence-electron chi connectivity index (χ4n) is 1.34. The lowest BCUT2D eigenvalue weighted by atomic mass is 9.97. The molecule has 1 amide bonds. The molecule has 0 unspecified atom stereocenters. The Bertz CT molecular complexity index is 210. The van der Waals surface area contributed by atoms with Crippen molar-refractivity contribution in [2.45, 2.75) is 31.3 Å². The summed E-state index contributed by atoms with van der Waals surface area (Å²) in [5.41, 5.74) is 0. The van der Waals surface area contributed by atoms with Crippen molar-refractivity contribution >= 4 is 5.91 Å². The minimum absolute atomic E-state index is 0.361. The fourth-order valence-corrected chi connectivity index (χ4v) is 1.34. The Hall–Kier alpha value is -0.690. The second-order valence-corrected chi connectivity index (χ2v) is 3.20. The smallest absolute Gasteiger partial charge is 0.217 e. The lowest BCUT2D eigenvalue weighted by Crippen LogP contribution is -2.59. The molecule has 0 aliphatic carbocycles. The van der Waals surface area contributed by atoms with E-state index in [4.69, 9.17) is 9.84 Å². The molecule has 1 radical (unpaired) electrons. The van der Waals surface area contributed by atoms with E-state index in [1.807, 2.05) is 0 Å². The molecule has 6 heteroatoms. The van der Waals surface area contributed by atoms with Gasteiger partial charge in [-0.05, 0) is 0 Å². The van der Waals surface area contributed by atoms with E-state index < -0.39 is 24.4 Å². The standard InChI is InChI=1S/C8H14NO5/c1-4(11)9-7-5(12)3-14-6(2-10)8(7)13/h3,5-8,10,12-13H,2H2,1H3,(H,9,11)/t5-,6+,7-,8+/m0/s1. The molecule has 0 aromatic heterocycles. The monoisotopic (exact) mass is 204 g/mol. The third-order valence-corrected chi connectivity index (χ3v) is 2.06. The highest BCUT2D eigenvalue weighted by atomic mass is 16.5. The van der Waals surface area contributed by atoms with Gasteiger partial charge in [0.05, 0.1) is 12.6 Å². The van der Waals surface area contributed by atoms with Gasteiger partial charge >= 0.3 is 0 Å². The van der Waals surface area contributed by atoms with E-state index in [9.17, 15) is 15.0 Å². The molecule has 1 aliphatic rings. The van der Waals surface area contributed by atoms with Gasteiger partial charge in [0.1, 0.15) is 24.9 Å². The predicted octanol–water partition coefficient (Wildman–Crippen LogP) is -2.23. The molecule has 6 nitrogen and oxygen atoms in total. The molecule has 0 aromatic carbocycles. The van der Waals surface area contributed by atoms with E-state index in [0.29, 0.717) is 0 Å². The maximum atomic E-state index is 10.7. The number of nitrogens with one attached hydrogen (secondary N) is 1. The first-order chi connectivity index (χ1) is 6.56. The van der Waals surface area contributed by atoms with Crippen molar-refractivity contribution in [1.29, 1.82) is 0 Å². The zero-order valence-corrected chi connectivity index (χ0v) is 7.75. The van der Waals surface area contributed by atoms with Gasteiger partial charge in [-0.2, -0.15) is 0 Å². The van der Waals surface area contributed by atoms with Gasteiger partial charge in [-0.1, -0.05) is 0 Å². The first-order valence-electron chi connectivity index (χ1n) is 4.29. The third kappa shape index (κ3) is 2.42. The number of carbonyl (C=O) groups is 1. The van der Waals surface area contributed by atoms with Crippen molar-refractivity contribution in [3.8, 4) is 0 Å². The summed E-state index contributed by atoms with van der Waals surface area (Å²) >= 11 is 0. The maximum Gasteiger partial charge on any atom is 0.217 e. The minimum Gasteiger partial charge on any atom is -0.394 e. The summed E-state index contributed by atoms with van der Waals surface area (Å²) in [6.45, 7) is 2.00. The predicted molar refractivity (Wildman–Crippen MR) is 45.9 cm³/mol. The number of ether oxygens (including phenoxy) is 1. The van der Waals surface area contributed by atoms with Gasteiger partial charge in [0.2, 0.25) is 5.91 Å². The van der Waals surface area contributed by atoms with Crippen LogP contribution in [0.15, 0.2) is 0 Å². The van der Waals surface area contributed by atoms with E-state index in [-0.39, 0.29) is 12.5 Å². The summed E-state index contributed by atoms with van der Waals surface area (Å²) in [5.74, 6) is -0.361. The molecule has 0 aromatic rings. The molecule has 1 rings (SSSR count). The van der Waals surface area contributed by atoms with Gasteiger partial charge in [0.25, 0.3) is 0 Å². The number of hydrogen-bond donors (Lipinski definition) is 4. The van der Waals surface area contributed by atoms with Crippen molar-refractivity contribution in [3.05, 3.63) is 6.61 Å². The molecule has 81 valence electrons. The van der Waals surface area contributed by atoms with E-state index in [1.54, 1.807) is 0 Å². The Morgan fingerprint density at radius 2 is 2.21 bits per heavy atom. The zero-order chi connectivity index (χ0) is 10.7. The third-order valence-electron chi connectivity index (χ3n) is 2.06. The molecule has 1 saturated heterocycles. The average molecular weight is 204 g/mol. The molecule has 14 heavy (non-hydrogen) atoms. The fraction of sp³-hybridized carbons (Fsp3) is 0.750. The summed E-state index contributed by atoms with van der Waals surface area (Å²) in [4.78, 5) is 10.7. The van der Waals surface area contributed by atoms with Crippen LogP contribution in [0.25, 0.3) is 0 Å². The summed E-state index contributed by atoms with van der Waals surface area (Å²) in [6.07, 6.45) is -3.00. The van der Waals surface area contributed by atoms with Crippen LogP contribution in [0.5, 0.6) is 0 Å². The zero-order valence-electron chi connectivity index (χ0n) is 7.75. The molecule has 0 bridgehead atoms. The van der Waals surface area contributed by atoms with Gasteiger partial charge in [-0.3, -0.25) is 4.79 Å². The maximum absolute atomic E-state index is 10.7. The Kier molecular flexibility index (Phi) is 3.82. The molecule has 0 saturated carbocycles. The molecule has 4 N–H and O–H groups in total. The number of aliphatic hydroxyl groups excluding tert-OH is 3. The van der Waals surface area contributed by atoms with Gasteiger partial charge in [-0.25, -0.2) is 0 Å². The molecule has 4 atom stereocenters. The summed E-state index contributed by atoms with van der Waals surface area (Å²) < 4.78 is 4.84. The Labute approximate surface area is 81.5 Å². The van der Waals surface area contributed by atoms with Crippen LogP contribution >= 0.6 is 0 Å². The van der Waals surface area contributed by atoms with Crippen LogP contribution in [0.3, 0.4) is 0 Å². The number of aliphatic hydroxyl groups is 3. The van der Waals surface area contributed by atoms with E-state index in [0.717, 1.165) is 6.61 Å².